The molecule has 0 spiro atoms. The highest BCUT2D eigenvalue weighted by Crippen LogP contribution is 2.32. The summed E-state index contributed by atoms with van der Waals surface area (Å²) in [5.74, 6) is 0.284. The summed E-state index contributed by atoms with van der Waals surface area (Å²) in [5, 5.41) is 2.23. The van der Waals surface area contributed by atoms with Gasteiger partial charge in [-0.25, -0.2) is 0 Å². The van der Waals surface area contributed by atoms with Gasteiger partial charge in [0.25, 0.3) is 11.1 Å². The molecule has 0 atom stereocenters. The molecule has 3 rings (SSSR count). The number of hydrogen-bond acceptors (Lipinski definition) is 7. The zero-order chi connectivity index (χ0) is 24.7. The number of carbonyl (C=O) groups is 3. The maximum absolute atomic E-state index is 12.6. The Hall–Kier alpha value is -3.60. The average molecular weight is 493 g/mol. The molecule has 0 bridgehead atoms. The van der Waals surface area contributed by atoms with Crippen LogP contribution in [0.25, 0.3) is 6.08 Å². The van der Waals surface area contributed by atoms with Gasteiger partial charge in [0, 0.05) is 13.1 Å². The zero-order valence-electron chi connectivity index (χ0n) is 18.4. The van der Waals surface area contributed by atoms with Gasteiger partial charge in [0.1, 0.15) is 5.75 Å². The van der Waals surface area contributed by atoms with Gasteiger partial charge in [-0.3, -0.25) is 19.3 Å². The van der Waals surface area contributed by atoms with Crippen molar-refractivity contribution in [1.29, 1.82) is 0 Å². The average Bonchev–Trinajstić information content (AvgIpc) is 3.07. The van der Waals surface area contributed by atoms with Crippen LogP contribution >= 0.6 is 11.8 Å². The summed E-state index contributed by atoms with van der Waals surface area (Å²) in [4.78, 5) is 38.3. The van der Waals surface area contributed by atoms with E-state index in [-0.39, 0.29) is 36.1 Å². The summed E-state index contributed by atoms with van der Waals surface area (Å²) >= 11 is 0.769. The number of halogens is 2. The Morgan fingerprint density at radius 2 is 1.79 bits per heavy atom. The molecular weight excluding hydrogens is 470 g/mol. The lowest BCUT2D eigenvalue weighted by Gasteiger charge is -2.13. The Morgan fingerprint density at radius 3 is 2.44 bits per heavy atom. The van der Waals surface area contributed by atoms with Gasteiger partial charge in [0.15, 0.2) is 11.5 Å². The molecule has 0 saturated carbocycles. The first kappa shape index (κ1) is 25.0. The standard InChI is InChI=1S/C23H22F2N2O6S/c1-31-17-8-5-15(11-18(17)32-2)13-20(28)26-9-10-27-21(29)19(34-23(27)30)12-14-3-6-16(7-4-14)33-22(24)25/h3-8,11-12,22H,9-10,13H2,1-2H3,(H,26,28)/b19-12+. The number of thioether (sulfide) groups is 1. The van der Waals surface area contributed by atoms with E-state index in [1.54, 1.807) is 18.2 Å². The number of nitrogens with one attached hydrogen (secondary N) is 1. The minimum Gasteiger partial charge on any atom is -0.493 e. The fraction of sp³-hybridized carbons (Fsp3) is 0.261. The Morgan fingerprint density at radius 1 is 1.09 bits per heavy atom. The monoisotopic (exact) mass is 492 g/mol. The molecule has 8 nitrogen and oxygen atoms in total. The number of methoxy groups -OCH3 is 2. The van der Waals surface area contributed by atoms with Crippen LogP contribution in [0.15, 0.2) is 47.4 Å². The number of imide groups is 1. The number of benzene rings is 2. The van der Waals surface area contributed by atoms with Gasteiger partial charge in [-0.15, -0.1) is 0 Å². The van der Waals surface area contributed by atoms with Crippen molar-refractivity contribution in [3.63, 3.8) is 0 Å². The second kappa shape index (κ2) is 11.5. The minimum atomic E-state index is -2.93. The van der Waals surface area contributed by atoms with Crippen LogP contribution in [-0.2, 0) is 16.0 Å². The van der Waals surface area contributed by atoms with E-state index in [1.807, 2.05) is 0 Å². The van der Waals surface area contributed by atoms with Crippen molar-refractivity contribution in [2.45, 2.75) is 13.0 Å². The second-order valence-electron chi connectivity index (χ2n) is 7.00. The maximum atomic E-state index is 12.6. The highest BCUT2D eigenvalue weighted by Gasteiger charge is 2.34. The van der Waals surface area contributed by atoms with Gasteiger partial charge < -0.3 is 19.5 Å². The molecule has 3 amide bonds. The molecule has 1 fully saturated rings. The summed E-state index contributed by atoms with van der Waals surface area (Å²) in [7, 11) is 3.02. The maximum Gasteiger partial charge on any atom is 0.387 e. The van der Waals surface area contributed by atoms with Gasteiger partial charge in [-0.1, -0.05) is 18.2 Å². The summed E-state index contributed by atoms with van der Waals surface area (Å²) in [6.45, 7) is -2.82. The molecule has 1 heterocycles. The third-order valence-electron chi connectivity index (χ3n) is 4.75. The Kier molecular flexibility index (Phi) is 8.47. The zero-order valence-corrected chi connectivity index (χ0v) is 19.2. The van der Waals surface area contributed by atoms with E-state index in [4.69, 9.17) is 9.47 Å². The third kappa shape index (κ3) is 6.47. The summed E-state index contributed by atoms with van der Waals surface area (Å²) < 4.78 is 39.2. The molecule has 11 heteroatoms. The Bertz CT molecular complexity index is 1090. The van der Waals surface area contributed by atoms with Crippen LogP contribution in [-0.4, -0.2) is 55.9 Å². The molecule has 1 saturated heterocycles. The van der Waals surface area contributed by atoms with E-state index in [0.717, 1.165) is 16.7 Å². The largest absolute Gasteiger partial charge is 0.493 e. The van der Waals surface area contributed by atoms with Gasteiger partial charge >= 0.3 is 6.61 Å². The normalized spacial score (nSPS) is 14.6. The molecular formula is C23H22F2N2O6S. The number of amides is 3. The molecule has 0 unspecified atom stereocenters. The predicted octanol–water partition coefficient (Wildman–Crippen LogP) is 3.70. The minimum absolute atomic E-state index is 0.0101. The van der Waals surface area contributed by atoms with Gasteiger partial charge in [-0.2, -0.15) is 8.78 Å². The molecule has 1 N–H and O–H groups in total. The van der Waals surface area contributed by atoms with Crippen LogP contribution in [0.1, 0.15) is 11.1 Å². The van der Waals surface area contributed by atoms with Crippen molar-refractivity contribution in [3.8, 4) is 17.2 Å². The first-order valence-electron chi connectivity index (χ1n) is 10.1. The number of ether oxygens (including phenoxy) is 3. The quantitative estimate of drug-likeness (QED) is 0.506. The molecule has 1 aliphatic rings. The highest BCUT2D eigenvalue weighted by molar-refractivity contribution is 8.18. The smallest absolute Gasteiger partial charge is 0.387 e. The Labute approximate surface area is 198 Å². The van der Waals surface area contributed by atoms with Crippen molar-refractivity contribution >= 4 is 34.9 Å². The lowest BCUT2D eigenvalue weighted by atomic mass is 10.1. The molecule has 34 heavy (non-hydrogen) atoms. The number of carbonyl (C=O) groups excluding carboxylic acids is 3. The SMILES string of the molecule is COc1ccc(CC(=O)NCCN2C(=O)S/C(=C/c3ccc(OC(F)F)cc3)C2=O)cc1OC. The molecule has 0 aromatic heterocycles. The highest BCUT2D eigenvalue weighted by atomic mass is 32.2. The second-order valence-corrected chi connectivity index (χ2v) is 7.99. The van der Waals surface area contributed by atoms with Gasteiger partial charge in [0.05, 0.1) is 25.5 Å². The van der Waals surface area contributed by atoms with Gasteiger partial charge in [0.2, 0.25) is 5.91 Å². The molecule has 180 valence electrons. The summed E-state index contributed by atoms with van der Waals surface area (Å²) in [6, 6.07) is 10.8. The number of nitrogens with zero attached hydrogens (tertiary/aromatic N) is 1. The first-order chi connectivity index (χ1) is 16.3. The molecule has 1 aliphatic heterocycles. The lowest BCUT2D eigenvalue weighted by Crippen LogP contribution is -2.37. The van der Waals surface area contributed by atoms with Crippen LogP contribution in [0.4, 0.5) is 13.6 Å². The molecule has 2 aromatic rings. The fourth-order valence-electron chi connectivity index (χ4n) is 3.14. The van der Waals surface area contributed by atoms with Crippen LogP contribution in [0.3, 0.4) is 0 Å². The third-order valence-corrected chi connectivity index (χ3v) is 5.65. The van der Waals surface area contributed by atoms with E-state index in [2.05, 4.69) is 10.1 Å². The van der Waals surface area contributed by atoms with Gasteiger partial charge in [-0.05, 0) is 53.2 Å². The fourth-order valence-corrected chi connectivity index (χ4v) is 4.00. The lowest BCUT2D eigenvalue weighted by molar-refractivity contribution is -0.124. The van der Waals surface area contributed by atoms with E-state index >= 15 is 0 Å². The molecule has 0 aliphatic carbocycles. The summed E-state index contributed by atoms with van der Waals surface area (Å²) in [6.07, 6.45) is 1.58. The molecule has 2 aromatic carbocycles. The Balaban J connectivity index is 1.52. The van der Waals surface area contributed by atoms with Crippen molar-refractivity contribution in [1.82, 2.24) is 10.2 Å². The number of rotatable bonds is 10. The van der Waals surface area contributed by atoms with Crippen LogP contribution in [0.2, 0.25) is 0 Å². The number of hydrogen-bond donors (Lipinski definition) is 1. The van der Waals surface area contributed by atoms with Crippen molar-refractivity contribution in [2.24, 2.45) is 0 Å². The van der Waals surface area contributed by atoms with E-state index in [0.29, 0.717) is 22.6 Å². The van der Waals surface area contributed by atoms with Crippen LogP contribution in [0, 0.1) is 0 Å². The van der Waals surface area contributed by atoms with Crippen molar-refractivity contribution < 1.29 is 37.4 Å². The van der Waals surface area contributed by atoms with E-state index < -0.39 is 17.8 Å². The van der Waals surface area contributed by atoms with E-state index in [9.17, 15) is 23.2 Å². The van der Waals surface area contributed by atoms with Crippen molar-refractivity contribution in [2.75, 3.05) is 27.3 Å². The topological polar surface area (TPSA) is 94.2 Å². The molecule has 0 radical (unpaired) electrons. The number of alkyl halides is 2. The van der Waals surface area contributed by atoms with Crippen LogP contribution < -0.4 is 19.5 Å². The van der Waals surface area contributed by atoms with Crippen LogP contribution in [0.5, 0.6) is 17.2 Å². The predicted molar refractivity (Wildman–Crippen MR) is 122 cm³/mol. The van der Waals surface area contributed by atoms with E-state index in [1.165, 1.54) is 44.6 Å². The summed E-state index contributed by atoms with van der Waals surface area (Å²) in [5.41, 5.74) is 1.27. The van der Waals surface area contributed by atoms with Crippen molar-refractivity contribution in [3.05, 3.63) is 58.5 Å². The first-order valence-corrected chi connectivity index (χ1v) is 10.9.